The first-order chi connectivity index (χ1) is 8.49. The Labute approximate surface area is 110 Å². The number of carboxylic acid groups (broad SMARTS) is 1. The van der Waals surface area contributed by atoms with Gasteiger partial charge in [0.2, 0.25) is 5.91 Å². The van der Waals surface area contributed by atoms with Gasteiger partial charge in [0.25, 0.3) is 5.24 Å². The van der Waals surface area contributed by atoms with Crippen molar-refractivity contribution in [2.24, 2.45) is 0 Å². The van der Waals surface area contributed by atoms with Crippen LogP contribution in [0, 0.1) is 6.92 Å². The minimum absolute atomic E-state index is 0.00896. The Balaban J connectivity index is 2.12. The maximum Gasteiger partial charge on any atom is 0.340 e. The lowest BCUT2D eigenvalue weighted by Gasteiger charge is -2.08. The molecule has 0 radical (unpaired) electrons. The lowest BCUT2D eigenvalue weighted by Crippen LogP contribution is -2.38. The number of aryl methyl sites for hydroxylation is 1. The summed E-state index contributed by atoms with van der Waals surface area (Å²) in [6.45, 7) is 1.56. The molecule has 0 bridgehead atoms. The number of anilines is 1. The molecule has 2 amide bonds. The molecule has 1 atom stereocenters. The van der Waals surface area contributed by atoms with E-state index in [-0.39, 0.29) is 15.8 Å². The number of aromatic carboxylic acids is 1. The van der Waals surface area contributed by atoms with Crippen molar-refractivity contribution in [3.05, 3.63) is 11.3 Å². The van der Waals surface area contributed by atoms with E-state index in [9.17, 15) is 14.4 Å². The van der Waals surface area contributed by atoms with E-state index >= 15 is 0 Å². The summed E-state index contributed by atoms with van der Waals surface area (Å²) in [5.41, 5.74) is 0.345. The second-order valence-corrected chi connectivity index (χ2v) is 5.33. The van der Waals surface area contributed by atoms with Gasteiger partial charge in [0, 0.05) is 5.75 Å². The monoisotopic (exact) mass is 287 g/mol. The first-order valence-electron chi connectivity index (χ1n) is 4.92. The third-order valence-electron chi connectivity index (χ3n) is 2.30. The number of carbonyl (C=O) groups is 3. The van der Waals surface area contributed by atoms with Gasteiger partial charge < -0.3 is 15.7 Å². The number of rotatable bonds is 3. The Kier molecular flexibility index (Phi) is 3.53. The molecule has 1 aromatic rings. The average molecular weight is 287 g/mol. The van der Waals surface area contributed by atoms with Gasteiger partial charge >= 0.3 is 5.97 Å². The van der Waals surface area contributed by atoms with Crippen molar-refractivity contribution >= 4 is 45.4 Å². The molecule has 2 heterocycles. The molecule has 1 fully saturated rings. The van der Waals surface area contributed by atoms with Gasteiger partial charge in [-0.15, -0.1) is 0 Å². The average Bonchev–Trinajstić information content (AvgIpc) is 2.85. The van der Waals surface area contributed by atoms with Crippen LogP contribution in [-0.2, 0) is 4.79 Å². The van der Waals surface area contributed by atoms with Crippen LogP contribution in [0.15, 0.2) is 0 Å². The highest BCUT2D eigenvalue weighted by atomic mass is 32.2. The fourth-order valence-corrected chi connectivity index (χ4v) is 3.00. The molecule has 0 spiro atoms. The van der Waals surface area contributed by atoms with Crippen LogP contribution in [0.3, 0.4) is 0 Å². The quantitative estimate of drug-likeness (QED) is 0.762. The number of hydrogen-bond donors (Lipinski definition) is 3. The largest absolute Gasteiger partial charge is 0.478 e. The molecule has 7 nitrogen and oxygen atoms in total. The zero-order valence-corrected chi connectivity index (χ0v) is 10.9. The first-order valence-corrected chi connectivity index (χ1v) is 6.68. The summed E-state index contributed by atoms with van der Waals surface area (Å²) in [6, 6.07) is -0.633. The van der Waals surface area contributed by atoms with Gasteiger partial charge in [0.05, 0.1) is 5.69 Å². The predicted molar refractivity (Wildman–Crippen MR) is 67.2 cm³/mol. The molecular formula is C9H9N3O4S2. The van der Waals surface area contributed by atoms with Gasteiger partial charge in [-0.2, -0.15) is 4.37 Å². The van der Waals surface area contributed by atoms with Crippen LogP contribution in [0.2, 0.25) is 0 Å². The number of thioether (sulfide) groups is 1. The molecule has 0 aromatic carbocycles. The molecule has 1 aliphatic heterocycles. The normalized spacial score (nSPS) is 18.5. The fourth-order valence-electron chi connectivity index (χ4n) is 1.43. The minimum Gasteiger partial charge on any atom is -0.478 e. The highest BCUT2D eigenvalue weighted by Gasteiger charge is 2.29. The van der Waals surface area contributed by atoms with Crippen LogP contribution in [0.25, 0.3) is 0 Å². The van der Waals surface area contributed by atoms with Crippen LogP contribution in [0.4, 0.5) is 9.80 Å². The molecule has 9 heteroatoms. The van der Waals surface area contributed by atoms with Gasteiger partial charge in [-0.1, -0.05) is 11.8 Å². The van der Waals surface area contributed by atoms with E-state index in [2.05, 4.69) is 15.0 Å². The van der Waals surface area contributed by atoms with Crippen molar-refractivity contribution in [1.29, 1.82) is 0 Å². The summed E-state index contributed by atoms with van der Waals surface area (Å²) < 4.78 is 3.89. The molecule has 0 aliphatic carbocycles. The Morgan fingerprint density at radius 1 is 1.56 bits per heavy atom. The van der Waals surface area contributed by atoms with Crippen LogP contribution >= 0.6 is 23.3 Å². The maximum atomic E-state index is 11.8. The van der Waals surface area contributed by atoms with Crippen molar-refractivity contribution in [3.8, 4) is 0 Å². The molecule has 1 aromatic heterocycles. The number of aromatic nitrogens is 1. The van der Waals surface area contributed by atoms with Gasteiger partial charge in [0.1, 0.15) is 16.6 Å². The van der Waals surface area contributed by atoms with Gasteiger partial charge in [-0.3, -0.25) is 9.59 Å². The van der Waals surface area contributed by atoms with Crippen molar-refractivity contribution in [2.75, 3.05) is 11.1 Å². The van der Waals surface area contributed by atoms with Crippen molar-refractivity contribution < 1.29 is 19.5 Å². The summed E-state index contributed by atoms with van der Waals surface area (Å²) in [7, 11) is 0. The van der Waals surface area contributed by atoms with E-state index in [1.54, 1.807) is 6.92 Å². The van der Waals surface area contributed by atoms with E-state index in [0.717, 1.165) is 23.3 Å². The molecule has 0 saturated carbocycles. The number of hydrogen-bond acceptors (Lipinski definition) is 6. The zero-order chi connectivity index (χ0) is 13.3. The summed E-state index contributed by atoms with van der Waals surface area (Å²) in [5.74, 6) is -1.23. The number of nitrogens with zero attached hydrogens (tertiary/aromatic N) is 1. The highest BCUT2D eigenvalue weighted by molar-refractivity contribution is 8.14. The second-order valence-electron chi connectivity index (χ2n) is 3.56. The summed E-state index contributed by atoms with van der Waals surface area (Å²) >= 11 is 1.93. The van der Waals surface area contributed by atoms with E-state index in [4.69, 9.17) is 5.11 Å². The van der Waals surface area contributed by atoms with Crippen LogP contribution in [-0.4, -0.2) is 38.4 Å². The molecular weight excluding hydrogens is 278 g/mol. The molecule has 1 saturated heterocycles. The lowest BCUT2D eigenvalue weighted by molar-refractivity contribution is -0.117. The van der Waals surface area contributed by atoms with E-state index in [0.29, 0.717) is 11.4 Å². The van der Waals surface area contributed by atoms with Crippen LogP contribution < -0.4 is 10.6 Å². The number of nitrogens with one attached hydrogen (secondary N) is 2. The van der Waals surface area contributed by atoms with Gasteiger partial charge in [-0.25, -0.2) is 4.79 Å². The minimum atomic E-state index is -1.14. The molecule has 96 valence electrons. The van der Waals surface area contributed by atoms with Crippen LogP contribution in [0.1, 0.15) is 16.1 Å². The first kappa shape index (κ1) is 12.8. The van der Waals surface area contributed by atoms with Crippen molar-refractivity contribution in [1.82, 2.24) is 9.69 Å². The summed E-state index contributed by atoms with van der Waals surface area (Å²) in [4.78, 5) is 33.7. The third-order valence-corrected chi connectivity index (χ3v) is 4.04. The smallest absolute Gasteiger partial charge is 0.340 e. The topological polar surface area (TPSA) is 108 Å². The van der Waals surface area contributed by atoms with Gasteiger partial charge in [-0.05, 0) is 18.5 Å². The predicted octanol–water partition coefficient (Wildman–Crippen LogP) is 0.913. The summed E-state index contributed by atoms with van der Waals surface area (Å²) in [5, 5.41) is 13.9. The molecule has 18 heavy (non-hydrogen) atoms. The zero-order valence-electron chi connectivity index (χ0n) is 9.22. The van der Waals surface area contributed by atoms with Crippen molar-refractivity contribution in [3.63, 3.8) is 0 Å². The highest BCUT2D eigenvalue weighted by Crippen LogP contribution is 2.25. The molecule has 1 unspecified atom stereocenters. The number of carbonyl (C=O) groups excluding carboxylic acids is 2. The molecule has 2 rings (SSSR count). The Hall–Kier alpha value is -1.61. The Morgan fingerprint density at radius 3 is 2.83 bits per heavy atom. The summed E-state index contributed by atoms with van der Waals surface area (Å²) in [6.07, 6.45) is 0. The third kappa shape index (κ3) is 2.46. The van der Waals surface area contributed by atoms with E-state index in [1.807, 2.05) is 0 Å². The maximum absolute atomic E-state index is 11.8. The van der Waals surface area contributed by atoms with E-state index in [1.165, 1.54) is 0 Å². The number of carboxylic acids is 1. The molecule has 1 aliphatic rings. The van der Waals surface area contributed by atoms with Gasteiger partial charge in [0.15, 0.2) is 0 Å². The van der Waals surface area contributed by atoms with Crippen LogP contribution in [0.5, 0.6) is 0 Å². The number of amides is 2. The van der Waals surface area contributed by atoms with Crippen molar-refractivity contribution in [2.45, 2.75) is 13.0 Å². The Morgan fingerprint density at radius 2 is 2.28 bits per heavy atom. The second kappa shape index (κ2) is 4.94. The standard InChI is InChI=1S/C9H9N3O4S2/c1-3-5(8(14)15)7(18-12-3)11-6(13)4-2-17-9(16)10-4/h4H,2H2,1H3,(H,10,16)(H,11,13)(H,14,15). The lowest BCUT2D eigenvalue weighted by atomic mass is 10.2. The SMILES string of the molecule is Cc1nsc(NC(=O)C2CSC(=O)N2)c1C(=O)O. The van der Waals surface area contributed by atoms with E-state index < -0.39 is 17.9 Å². The Bertz CT molecular complexity index is 528. The molecule has 3 N–H and O–H groups in total. The fraction of sp³-hybridized carbons (Fsp3) is 0.333.